The minimum Gasteiger partial charge on any atom is -0.377 e. The summed E-state index contributed by atoms with van der Waals surface area (Å²) in [6.07, 6.45) is 2.79. The Labute approximate surface area is 134 Å². The van der Waals surface area contributed by atoms with E-state index in [4.69, 9.17) is 10.00 Å². The van der Waals surface area contributed by atoms with Crippen molar-refractivity contribution in [2.45, 2.75) is 31.9 Å². The van der Waals surface area contributed by atoms with E-state index < -0.39 is 0 Å². The van der Waals surface area contributed by atoms with Gasteiger partial charge in [0.2, 0.25) is 0 Å². The number of nitrogens with one attached hydrogen (secondary N) is 1. The molecule has 0 radical (unpaired) electrons. The summed E-state index contributed by atoms with van der Waals surface area (Å²) in [7, 11) is 0. The van der Waals surface area contributed by atoms with Crippen molar-refractivity contribution in [3.8, 4) is 6.07 Å². The highest BCUT2D eigenvalue weighted by Gasteiger charge is 2.20. The van der Waals surface area contributed by atoms with Gasteiger partial charge in [-0.25, -0.2) is 4.98 Å². The lowest BCUT2D eigenvalue weighted by Crippen LogP contribution is -2.33. The average Bonchev–Trinajstić information content (AvgIpc) is 3.06. The topological polar surface area (TPSA) is 82.0 Å². The maximum Gasteiger partial charge on any atom is 0.258 e. The van der Waals surface area contributed by atoms with E-state index in [2.05, 4.69) is 20.9 Å². The first-order valence-corrected chi connectivity index (χ1v) is 7.95. The summed E-state index contributed by atoms with van der Waals surface area (Å²) in [5.41, 5.74) is 0.576. The first-order valence-electron chi connectivity index (χ1n) is 7.95. The third kappa shape index (κ3) is 3.95. The van der Waals surface area contributed by atoms with Crippen LogP contribution in [0.5, 0.6) is 0 Å². The lowest BCUT2D eigenvalue weighted by Gasteiger charge is -2.23. The largest absolute Gasteiger partial charge is 0.377 e. The van der Waals surface area contributed by atoms with Crippen molar-refractivity contribution >= 4 is 10.9 Å². The number of rotatable bonds is 6. The summed E-state index contributed by atoms with van der Waals surface area (Å²) in [5, 5.41) is 9.44. The molecule has 6 nitrogen and oxygen atoms in total. The van der Waals surface area contributed by atoms with Crippen LogP contribution in [0, 0.1) is 11.3 Å². The summed E-state index contributed by atoms with van der Waals surface area (Å²) >= 11 is 0. The molecule has 1 aromatic heterocycles. The summed E-state index contributed by atoms with van der Waals surface area (Å²) in [4.78, 5) is 21.7. The van der Waals surface area contributed by atoms with Crippen molar-refractivity contribution < 1.29 is 4.74 Å². The highest BCUT2D eigenvalue weighted by atomic mass is 16.5. The Morgan fingerprint density at radius 1 is 1.43 bits per heavy atom. The van der Waals surface area contributed by atoms with Crippen LogP contribution >= 0.6 is 0 Å². The van der Waals surface area contributed by atoms with Gasteiger partial charge in [0.1, 0.15) is 5.82 Å². The van der Waals surface area contributed by atoms with Crippen molar-refractivity contribution in [2.24, 2.45) is 0 Å². The third-order valence-corrected chi connectivity index (χ3v) is 4.06. The van der Waals surface area contributed by atoms with E-state index in [1.165, 1.54) is 0 Å². The van der Waals surface area contributed by atoms with Crippen molar-refractivity contribution in [1.29, 1.82) is 5.26 Å². The van der Waals surface area contributed by atoms with Crippen LogP contribution in [0.3, 0.4) is 0 Å². The van der Waals surface area contributed by atoms with Gasteiger partial charge in [-0.05, 0) is 25.0 Å². The highest BCUT2D eigenvalue weighted by Crippen LogP contribution is 2.15. The Hall–Kier alpha value is -2.23. The number of benzene rings is 1. The number of hydrogen-bond acceptors (Lipinski definition) is 5. The molecule has 3 rings (SSSR count). The van der Waals surface area contributed by atoms with E-state index in [-0.39, 0.29) is 11.7 Å². The van der Waals surface area contributed by atoms with Crippen LogP contribution in [0.25, 0.3) is 10.9 Å². The van der Waals surface area contributed by atoms with E-state index in [1.54, 1.807) is 6.07 Å². The van der Waals surface area contributed by atoms with Crippen molar-refractivity contribution in [3.63, 3.8) is 0 Å². The zero-order chi connectivity index (χ0) is 16.1. The SMILES string of the molecule is N#CCCN(Cc1nc2ccccc2c(=O)[nH]1)CC1CCCO1. The number of ether oxygens (including phenoxy) is 1. The Bertz CT molecular complexity index is 759. The van der Waals surface area contributed by atoms with Gasteiger partial charge in [0, 0.05) is 26.1 Å². The summed E-state index contributed by atoms with van der Waals surface area (Å²) in [6.45, 7) is 2.73. The van der Waals surface area contributed by atoms with Gasteiger partial charge < -0.3 is 9.72 Å². The van der Waals surface area contributed by atoms with E-state index >= 15 is 0 Å². The molecule has 1 atom stereocenters. The normalized spacial score (nSPS) is 17.7. The van der Waals surface area contributed by atoms with Gasteiger partial charge in [0.25, 0.3) is 5.56 Å². The van der Waals surface area contributed by atoms with Crippen molar-refractivity contribution in [3.05, 3.63) is 40.4 Å². The molecule has 120 valence electrons. The van der Waals surface area contributed by atoms with Crippen LogP contribution in [-0.4, -0.2) is 40.7 Å². The number of para-hydroxylation sites is 1. The van der Waals surface area contributed by atoms with Crippen LogP contribution < -0.4 is 5.56 Å². The van der Waals surface area contributed by atoms with E-state index in [1.807, 2.05) is 18.2 Å². The molecule has 1 N–H and O–H groups in total. The molecule has 1 aliphatic heterocycles. The predicted molar refractivity (Wildman–Crippen MR) is 86.8 cm³/mol. The molecular formula is C17H20N4O2. The fourth-order valence-electron chi connectivity index (χ4n) is 2.94. The molecule has 1 fully saturated rings. The van der Waals surface area contributed by atoms with Gasteiger partial charge in [-0.2, -0.15) is 5.26 Å². The van der Waals surface area contributed by atoms with E-state index in [9.17, 15) is 4.79 Å². The minimum atomic E-state index is -0.122. The molecule has 0 bridgehead atoms. The van der Waals surface area contributed by atoms with Gasteiger partial charge in [0.15, 0.2) is 0 Å². The number of nitrogens with zero attached hydrogens (tertiary/aromatic N) is 3. The van der Waals surface area contributed by atoms with Crippen LogP contribution in [0.15, 0.2) is 29.1 Å². The molecule has 0 spiro atoms. The molecule has 1 aromatic carbocycles. The van der Waals surface area contributed by atoms with Gasteiger partial charge in [-0.1, -0.05) is 12.1 Å². The Morgan fingerprint density at radius 2 is 2.30 bits per heavy atom. The first-order chi connectivity index (χ1) is 11.3. The van der Waals surface area contributed by atoms with Gasteiger partial charge >= 0.3 is 0 Å². The summed E-state index contributed by atoms with van der Waals surface area (Å²) in [5.74, 6) is 0.629. The predicted octanol–water partition coefficient (Wildman–Crippen LogP) is 1.82. The first kappa shape index (κ1) is 15.7. The number of aromatic nitrogens is 2. The van der Waals surface area contributed by atoms with Crippen molar-refractivity contribution in [1.82, 2.24) is 14.9 Å². The smallest absolute Gasteiger partial charge is 0.258 e. The van der Waals surface area contributed by atoms with Crippen LogP contribution in [0.2, 0.25) is 0 Å². The van der Waals surface area contributed by atoms with Gasteiger partial charge in [-0.3, -0.25) is 9.69 Å². The summed E-state index contributed by atoms with van der Waals surface area (Å²) in [6, 6.07) is 9.49. The molecular weight excluding hydrogens is 292 g/mol. The second-order valence-corrected chi connectivity index (χ2v) is 5.81. The fraction of sp³-hybridized carbons (Fsp3) is 0.471. The number of nitriles is 1. The fourth-order valence-corrected chi connectivity index (χ4v) is 2.94. The second kappa shape index (κ2) is 7.36. The molecule has 0 aliphatic carbocycles. The maximum atomic E-state index is 12.1. The number of fused-ring (bicyclic) bond motifs is 1. The second-order valence-electron chi connectivity index (χ2n) is 5.81. The Kier molecular flexibility index (Phi) is 5.01. The number of H-pyrrole nitrogens is 1. The third-order valence-electron chi connectivity index (χ3n) is 4.06. The molecule has 2 aromatic rings. The molecule has 0 saturated carbocycles. The van der Waals surface area contributed by atoms with Gasteiger partial charge in [-0.15, -0.1) is 0 Å². The molecule has 23 heavy (non-hydrogen) atoms. The monoisotopic (exact) mass is 312 g/mol. The van der Waals surface area contributed by atoms with Crippen LogP contribution in [-0.2, 0) is 11.3 Å². The highest BCUT2D eigenvalue weighted by molar-refractivity contribution is 5.77. The van der Waals surface area contributed by atoms with Gasteiger partial charge in [0.05, 0.1) is 29.6 Å². The molecule has 1 saturated heterocycles. The van der Waals surface area contributed by atoms with E-state index in [0.29, 0.717) is 36.2 Å². The number of aromatic amines is 1. The molecule has 6 heteroatoms. The maximum absolute atomic E-state index is 12.1. The quantitative estimate of drug-likeness (QED) is 0.880. The molecule has 0 amide bonds. The standard InChI is InChI=1S/C17H20N4O2/c18-8-4-9-21(11-13-5-3-10-23-13)12-16-19-15-7-2-1-6-14(15)17(22)20-16/h1-2,6-7,13H,3-5,9-12H2,(H,19,20,22). The number of hydrogen-bond donors (Lipinski definition) is 1. The average molecular weight is 312 g/mol. The molecule has 1 unspecified atom stereocenters. The van der Waals surface area contributed by atoms with Crippen LogP contribution in [0.4, 0.5) is 0 Å². The molecule has 2 heterocycles. The Morgan fingerprint density at radius 3 is 3.09 bits per heavy atom. The lowest BCUT2D eigenvalue weighted by atomic mass is 10.2. The summed E-state index contributed by atoms with van der Waals surface area (Å²) < 4.78 is 5.68. The minimum absolute atomic E-state index is 0.122. The van der Waals surface area contributed by atoms with Crippen LogP contribution in [0.1, 0.15) is 25.1 Å². The lowest BCUT2D eigenvalue weighted by molar-refractivity contribution is 0.0705. The zero-order valence-electron chi connectivity index (χ0n) is 13.0. The Balaban J connectivity index is 1.78. The molecule has 1 aliphatic rings. The van der Waals surface area contributed by atoms with E-state index in [0.717, 1.165) is 26.0 Å². The van der Waals surface area contributed by atoms with Crippen molar-refractivity contribution in [2.75, 3.05) is 19.7 Å². The zero-order valence-corrected chi connectivity index (χ0v) is 13.0.